The van der Waals surface area contributed by atoms with E-state index in [0.717, 1.165) is 12.3 Å². The van der Waals surface area contributed by atoms with Crippen molar-refractivity contribution < 1.29 is 32.6 Å². The molecule has 0 bridgehead atoms. The maximum atomic E-state index is 13.8. The smallest absolute Gasteiger partial charge is 0.257 e. The van der Waals surface area contributed by atoms with Crippen LogP contribution in [0.1, 0.15) is 46.2 Å². The monoisotopic (exact) mass is 436 g/mol. The van der Waals surface area contributed by atoms with Gasteiger partial charge in [0.15, 0.2) is 29.0 Å². The van der Waals surface area contributed by atoms with Crippen LogP contribution in [0.4, 0.5) is 13.2 Å². The van der Waals surface area contributed by atoms with Crippen molar-refractivity contribution in [2.75, 3.05) is 6.61 Å². The molecule has 0 spiro atoms. The van der Waals surface area contributed by atoms with Crippen molar-refractivity contribution in [3.8, 4) is 5.75 Å². The molecule has 164 valence electrons. The van der Waals surface area contributed by atoms with Gasteiger partial charge in [-0.05, 0) is 25.8 Å². The fraction of sp³-hybridized carbons (Fsp3) is 0.381. The summed E-state index contributed by atoms with van der Waals surface area (Å²) in [6, 6.07) is 1.68. The summed E-state index contributed by atoms with van der Waals surface area (Å²) in [7, 11) is 0. The van der Waals surface area contributed by atoms with Crippen LogP contribution in [-0.2, 0) is 17.8 Å². The Hall–Kier alpha value is -3.14. The van der Waals surface area contributed by atoms with Gasteiger partial charge in [0.2, 0.25) is 5.43 Å². The maximum absolute atomic E-state index is 13.8. The van der Waals surface area contributed by atoms with E-state index in [1.54, 1.807) is 6.92 Å². The molecule has 2 aromatic rings. The van der Waals surface area contributed by atoms with Crippen LogP contribution in [0.15, 0.2) is 23.1 Å². The molecule has 31 heavy (non-hydrogen) atoms. The molecule has 1 fully saturated rings. The molecule has 0 saturated carbocycles. The van der Waals surface area contributed by atoms with Crippen LogP contribution in [-0.4, -0.2) is 34.1 Å². The number of aromatic hydroxyl groups is 1. The number of pyridine rings is 1. The molecule has 10 heteroatoms. The second-order valence-corrected chi connectivity index (χ2v) is 7.95. The van der Waals surface area contributed by atoms with Crippen molar-refractivity contribution in [2.24, 2.45) is 5.41 Å². The number of carbonyl (C=O) groups excluding carboxylic acids is 2. The molecule has 2 aliphatic rings. The average molecular weight is 436 g/mol. The molecule has 0 radical (unpaired) electrons. The molecule has 1 aromatic heterocycles. The number of hydrogen-bond acceptors (Lipinski definition) is 5. The number of Topliss-reactive ketones (excluding diaryl/α,β-unsaturated/α-hetero) is 1. The Bertz CT molecular complexity index is 1160. The number of nitrogens with zero attached hydrogens (tertiary/aromatic N) is 1. The van der Waals surface area contributed by atoms with Crippen LogP contribution in [0, 0.1) is 22.9 Å². The Balaban J connectivity index is 1.64. The summed E-state index contributed by atoms with van der Waals surface area (Å²) < 4.78 is 47.2. The second-order valence-electron chi connectivity index (χ2n) is 7.95. The molecule has 7 nitrogen and oxygen atoms in total. The first kappa shape index (κ1) is 21.1. The summed E-state index contributed by atoms with van der Waals surface area (Å²) in [5, 5.41) is 12.7. The van der Waals surface area contributed by atoms with Crippen LogP contribution in [0.25, 0.3) is 0 Å². The predicted octanol–water partition coefficient (Wildman–Crippen LogP) is 2.28. The summed E-state index contributed by atoms with van der Waals surface area (Å²) in [4.78, 5) is 38.1. The topological polar surface area (TPSA) is 97.6 Å². The third-order valence-corrected chi connectivity index (χ3v) is 6.02. The first-order chi connectivity index (χ1) is 14.6. The van der Waals surface area contributed by atoms with Crippen molar-refractivity contribution in [3.05, 3.63) is 62.8 Å². The number of ether oxygens (including phenoxy) is 1. The first-order valence-corrected chi connectivity index (χ1v) is 9.68. The van der Waals surface area contributed by atoms with Crippen LogP contribution in [0.2, 0.25) is 0 Å². The third kappa shape index (κ3) is 3.31. The van der Waals surface area contributed by atoms with Crippen molar-refractivity contribution in [1.82, 2.24) is 9.88 Å². The van der Waals surface area contributed by atoms with Crippen molar-refractivity contribution in [3.63, 3.8) is 0 Å². The highest BCUT2D eigenvalue weighted by atomic mass is 19.2. The Kier molecular flexibility index (Phi) is 5.12. The number of aromatic nitrogens is 1. The van der Waals surface area contributed by atoms with E-state index >= 15 is 0 Å². The SMILES string of the molecule is C[C@]12CCCO[C@H]1Cn1cc(C(=O)NCc3ccc(F)c(F)c3F)c(=O)c(O)c1C2=O. The summed E-state index contributed by atoms with van der Waals surface area (Å²) in [6.07, 6.45) is 1.89. The zero-order valence-electron chi connectivity index (χ0n) is 16.5. The Morgan fingerprint density at radius 3 is 2.77 bits per heavy atom. The quantitative estimate of drug-likeness (QED) is 0.720. The van der Waals surface area contributed by atoms with Gasteiger partial charge in [-0.2, -0.15) is 0 Å². The largest absolute Gasteiger partial charge is 0.503 e. The molecule has 2 N–H and O–H groups in total. The lowest BCUT2D eigenvalue weighted by molar-refractivity contribution is -0.0740. The minimum absolute atomic E-state index is 0.156. The maximum Gasteiger partial charge on any atom is 0.257 e. The molecule has 1 saturated heterocycles. The Labute approximate surface area is 174 Å². The Morgan fingerprint density at radius 1 is 1.29 bits per heavy atom. The number of benzene rings is 1. The van der Waals surface area contributed by atoms with Gasteiger partial charge in [-0.3, -0.25) is 14.4 Å². The summed E-state index contributed by atoms with van der Waals surface area (Å²) in [5.74, 6) is -6.75. The van der Waals surface area contributed by atoms with Gasteiger partial charge < -0.3 is 19.7 Å². The van der Waals surface area contributed by atoms with Crippen molar-refractivity contribution in [2.45, 2.75) is 39.0 Å². The number of ketones is 1. The van der Waals surface area contributed by atoms with Gasteiger partial charge in [-0.1, -0.05) is 6.07 Å². The zero-order chi connectivity index (χ0) is 22.5. The zero-order valence-corrected chi connectivity index (χ0v) is 16.5. The summed E-state index contributed by atoms with van der Waals surface area (Å²) >= 11 is 0. The van der Waals surface area contributed by atoms with E-state index in [-0.39, 0.29) is 17.8 Å². The molecule has 2 aliphatic heterocycles. The molecule has 0 unspecified atom stereocenters. The van der Waals surface area contributed by atoms with Crippen LogP contribution >= 0.6 is 0 Å². The Morgan fingerprint density at radius 2 is 2.03 bits per heavy atom. The molecular formula is C21H19F3N2O5. The highest BCUT2D eigenvalue weighted by Crippen LogP contribution is 2.42. The van der Waals surface area contributed by atoms with Gasteiger partial charge in [0.25, 0.3) is 5.91 Å². The predicted molar refractivity (Wildman–Crippen MR) is 101 cm³/mol. The van der Waals surface area contributed by atoms with Crippen LogP contribution in [0.5, 0.6) is 5.75 Å². The second kappa shape index (κ2) is 7.52. The lowest BCUT2D eigenvalue weighted by atomic mass is 9.71. The van der Waals surface area contributed by atoms with Gasteiger partial charge >= 0.3 is 0 Å². The summed E-state index contributed by atoms with van der Waals surface area (Å²) in [6.45, 7) is 1.84. The van der Waals surface area contributed by atoms with Gasteiger partial charge in [-0.15, -0.1) is 0 Å². The van der Waals surface area contributed by atoms with Crippen LogP contribution < -0.4 is 10.7 Å². The minimum atomic E-state index is -1.67. The standard InChI is InChI=1S/C21H19F3N2O5/c1-21-5-2-6-31-13(21)9-26-8-11(17(27)18(28)16(26)19(21)29)20(30)25-7-10-3-4-12(22)15(24)14(10)23/h3-4,8,13,28H,2,5-7,9H2,1H3,(H,25,30)/t13-,21-/m0/s1. The number of amides is 1. The number of nitrogens with one attached hydrogen (secondary N) is 1. The van der Waals surface area contributed by atoms with Gasteiger partial charge in [0.05, 0.1) is 18.1 Å². The fourth-order valence-corrected chi connectivity index (χ4v) is 4.14. The van der Waals surface area contributed by atoms with E-state index in [1.807, 2.05) is 0 Å². The molecule has 4 rings (SSSR count). The molecular weight excluding hydrogens is 417 g/mol. The molecule has 1 amide bonds. The highest BCUT2D eigenvalue weighted by molar-refractivity contribution is 6.03. The number of carbonyl (C=O) groups is 2. The van der Waals surface area contributed by atoms with E-state index in [9.17, 15) is 32.7 Å². The van der Waals surface area contributed by atoms with E-state index in [2.05, 4.69) is 5.32 Å². The van der Waals surface area contributed by atoms with E-state index in [1.165, 1.54) is 4.57 Å². The van der Waals surface area contributed by atoms with Crippen molar-refractivity contribution >= 4 is 11.7 Å². The first-order valence-electron chi connectivity index (χ1n) is 9.68. The number of fused-ring (bicyclic) bond motifs is 2. The normalized spacial score (nSPS) is 22.6. The van der Waals surface area contributed by atoms with Gasteiger partial charge in [-0.25, -0.2) is 13.2 Å². The lowest BCUT2D eigenvalue weighted by Gasteiger charge is -2.44. The fourth-order valence-electron chi connectivity index (χ4n) is 4.14. The van der Waals surface area contributed by atoms with E-state index in [0.29, 0.717) is 25.5 Å². The van der Waals surface area contributed by atoms with Gasteiger partial charge in [0.1, 0.15) is 11.3 Å². The number of halogens is 3. The lowest BCUT2D eigenvalue weighted by Crippen LogP contribution is -2.52. The number of rotatable bonds is 3. The molecule has 3 heterocycles. The van der Waals surface area contributed by atoms with E-state index < -0.39 is 63.9 Å². The third-order valence-electron chi connectivity index (χ3n) is 6.02. The van der Waals surface area contributed by atoms with Gasteiger partial charge in [0, 0.05) is 24.9 Å². The minimum Gasteiger partial charge on any atom is -0.503 e. The molecule has 0 aliphatic carbocycles. The van der Waals surface area contributed by atoms with Crippen LogP contribution in [0.3, 0.4) is 0 Å². The average Bonchev–Trinajstić information content (AvgIpc) is 2.74. The summed E-state index contributed by atoms with van der Waals surface area (Å²) in [5.41, 5.74) is -2.91. The number of hydrogen-bond donors (Lipinski definition) is 2. The highest BCUT2D eigenvalue weighted by Gasteiger charge is 2.49. The van der Waals surface area contributed by atoms with Crippen molar-refractivity contribution in [1.29, 1.82) is 0 Å². The molecule has 1 aromatic carbocycles. The van der Waals surface area contributed by atoms with E-state index in [4.69, 9.17) is 4.74 Å². The molecule has 2 atom stereocenters.